The molecule has 0 aliphatic carbocycles. The van der Waals surface area contributed by atoms with Gasteiger partial charge < -0.3 is 5.32 Å². The van der Waals surface area contributed by atoms with Gasteiger partial charge in [0.25, 0.3) is 0 Å². The van der Waals surface area contributed by atoms with E-state index in [9.17, 15) is 14.9 Å². The van der Waals surface area contributed by atoms with Crippen molar-refractivity contribution >= 4 is 21.8 Å². The van der Waals surface area contributed by atoms with Crippen molar-refractivity contribution in [3.8, 4) is 0 Å². The maximum atomic E-state index is 10.9. The van der Waals surface area contributed by atoms with Gasteiger partial charge in [-0.1, -0.05) is 28.1 Å². The highest BCUT2D eigenvalue weighted by Gasteiger charge is 2.18. The van der Waals surface area contributed by atoms with Crippen molar-refractivity contribution in [3.63, 3.8) is 0 Å². The molecule has 0 saturated heterocycles. The number of hydrogen-bond donors (Lipinski definition) is 1. The largest absolute Gasteiger partial charge is 0.343 e. The lowest BCUT2D eigenvalue weighted by molar-refractivity contribution is -0.484. The summed E-state index contributed by atoms with van der Waals surface area (Å²) in [6.07, 6.45) is 0. The van der Waals surface area contributed by atoms with Crippen molar-refractivity contribution in [3.05, 3.63) is 44.4 Å². The molecule has 1 rings (SSSR count). The summed E-state index contributed by atoms with van der Waals surface area (Å²) in [6, 6.07) is 6.50. The fourth-order valence-corrected chi connectivity index (χ4v) is 1.77. The Kier molecular flexibility index (Phi) is 4.42. The molecule has 1 atom stereocenters. The van der Waals surface area contributed by atoms with Crippen LogP contribution in [0.3, 0.4) is 0 Å². The van der Waals surface area contributed by atoms with Gasteiger partial charge in [-0.2, -0.15) is 0 Å². The van der Waals surface area contributed by atoms with E-state index in [1.807, 2.05) is 6.07 Å². The van der Waals surface area contributed by atoms with Crippen molar-refractivity contribution in [1.82, 2.24) is 5.32 Å². The number of nitro groups is 1. The fourth-order valence-electron chi connectivity index (χ4n) is 1.35. The SMILES string of the molecule is CC(=O)N[C@@H](C[N+](=O)[O-])c1cccc(Br)c1. The highest BCUT2D eigenvalue weighted by Crippen LogP contribution is 2.18. The third-order valence-electron chi connectivity index (χ3n) is 1.96. The van der Waals surface area contributed by atoms with E-state index in [4.69, 9.17) is 0 Å². The van der Waals surface area contributed by atoms with E-state index in [2.05, 4.69) is 21.2 Å². The van der Waals surface area contributed by atoms with E-state index in [0.717, 1.165) is 4.47 Å². The van der Waals surface area contributed by atoms with E-state index in [1.54, 1.807) is 18.2 Å². The first kappa shape index (κ1) is 12.6. The Morgan fingerprint density at radius 1 is 1.62 bits per heavy atom. The van der Waals surface area contributed by atoms with Crippen LogP contribution in [0, 0.1) is 10.1 Å². The summed E-state index contributed by atoms with van der Waals surface area (Å²) < 4.78 is 0.823. The normalized spacial score (nSPS) is 11.9. The Balaban J connectivity index is 2.90. The molecular formula is C10H11BrN2O3. The van der Waals surface area contributed by atoms with Crippen molar-refractivity contribution < 1.29 is 9.72 Å². The minimum atomic E-state index is -0.593. The number of nitrogens with zero attached hydrogens (tertiary/aromatic N) is 1. The van der Waals surface area contributed by atoms with Crippen LogP contribution in [-0.4, -0.2) is 17.4 Å². The summed E-state index contributed by atoms with van der Waals surface area (Å²) >= 11 is 3.28. The maximum Gasteiger partial charge on any atom is 0.227 e. The zero-order valence-electron chi connectivity index (χ0n) is 8.64. The standard InChI is InChI=1S/C10H11BrN2O3/c1-7(14)12-10(6-13(15)16)8-3-2-4-9(11)5-8/h2-5,10H,6H2,1H3,(H,12,14)/t10-/m0/s1. The van der Waals surface area contributed by atoms with Gasteiger partial charge in [0.2, 0.25) is 12.5 Å². The lowest BCUT2D eigenvalue weighted by Crippen LogP contribution is -2.31. The molecular weight excluding hydrogens is 276 g/mol. The number of carbonyl (C=O) groups excluding carboxylic acids is 1. The van der Waals surface area contributed by atoms with E-state index in [1.165, 1.54) is 6.92 Å². The third-order valence-corrected chi connectivity index (χ3v) is 2.45. The summed E-state index contributed by atoms with van der Waals surface area (Å²) in [4.78, 5) is 21.0. The van der Waals surface area contributed by atoms with Gasteiger partial charge in [0.1, 0.15) is 6.04 Å². The molecule has 0 bridgehead atoms. The minimum absolute atomic E-state index is 0.285. The van der Waals surface area contributed by atoms with Crippen LogP contribution in [0.1, 0.15) is 18.5 Å². The highest BCUT2D eigenvalue weighted by molar-refractivity contribution is 9.10. The van der Waals surface area contributed by atoms with Crippen molar-refractivity contribution in [1.29, 1.82) is 0 Å². The number of benzene rings is 1. The second-order valence-electron chi connectivity index (χ2n) is 3.32. The second kappa shape index (κ2) is 5.60. The maximum absolute atomic E-state index is 10.9. The molecule has 0 aliphatic heterocycles. The molecule has 5 nitrogen and oxygen atoms in total. The molecule has 0 heterocycles. The fraction of sp³-hybridized carbons (Fsp3) is 0.300. The van der Waals surface area contributed by atoms with Gasteiger partial charge in [0.05, 0.1) is 0 Å². The molecule has 0 spiro atoms. The van der Waals surface area contributed by atoms with Gasteiger partial charge in [0, 0.05) is 16.3 Å². The summed E-state index contributed by atoms with van der Waals surface area (Å²) in [5.74, 6) is -0.285. The number of nitrogens with one attached hydrogen (secondary N) is 1. The third kappa shape index (κ3) is 3.98. The summed E-state index contributed by atoms with van der Waals surface area (Å²) in [6.45, 7) is 1.01. The van der Waals surface area contributed by atoms with Crippen LogP contribution in [-0.2, 0) is 4.79 Å². The Labute approximate surface area is 101 Å². The van der Waals surface area contributed by atoms with Crippen LogP contribution in [0.5, 0.6) is 0 Å². The Hall–Kier alpha value is -1.43. The van der Waals surface area contributed by atoms with Crippen LogP contribution < -0.4 is 5.32 Å². The molecule has 16 heavy (non-hydrogen) atoms. The summed E-state index contributed by atoms with van der Waals surface area (Å²) in [5.41, 5.74) is 0.710. The average molecular weight is 287 g/mol. The van der Waals surface area contributed by atoms with Gasteiger partial charge in [-0.3, -0.25) is 14.9 Å². The predicted molar refractivity (Wildman–Crippen MR) is 62.6 cm³/mol. The zero-order chi connectivity index (χ0) is 12.1. The summed E-state index contributed by atoms with van der Waals surface area (Å²) in [7, 11) is 0. The second-order valence-corrected chi connectivity index (χ2v) is 4.24. The van der Waals surface area contributed by atoms with Crippen LogP contribution in [0.15, 0.2) is 28.7 Å². The lowest BCUT2D eigenvalue weighted by atomic mass is 10.1. The van der Waals surface area contributed by atoms with E-state index in [-0.39, 0.29) is 12.5 Å². The molecule has 0 unspecified atom stereocenters. The highest BCUT2D eigenvalue weighted by atomic mass is 79.9. The molecule has 1 aromatic rings. The molecule has 1 N–H and O–H groups in total. The quantitative estimate of drug-likeness (QED) is 0.679. The predicted octanol–water partition coefficient (Wildman–Crippen LogP) is 1.90. The van der Waals surface area contributed by atoms with Crippen molar-refractivity contribution in [2.75, 3.05) is 6.54 Å². The molecule has 0 radical (unpaired) electrons. The monoisotopic (exact) mass is 286 g/mol. The minimum Gasteiger partial charge on any atom is -0.343 e. The topological polar surface area (TPSA) is 72.2 Å². The Bertz CT molecular complexity index is 393. The Morgan fingerprint density at radius 2 is 2.31 bits per heavy atom. The van der Waals surface area contributed by atoms with Gasteiger partial charge in [-0.05, 0) is 17.7 Å². The van der Waals surface area contributed by atoms with Gasteiger partial charge >= 0.3 is 0 Å². The molecule has 0 fully saturated rings. The first-order chi connectivity index (χ1) is 7.49. The number of amides is 1. The van der Waals surface area contributed by atoms with E-state index < -0.39 is 11.0 Å². The van der Waals surface area contributed by atoms with E-state index in [0.29, 0.717) is 5.56 Å². The molecule has 6 heteroatoms. The van der Waals surface area contributed by atoms with Gasteiger partial charge in [-0.25, -0.2) is 0 Å². The molecule has 0 aromatic heterocycles. The number of rotatable bonds is 4. The van der Waals surface area contributed by atoms with Gasteiger partial charge in [0.15, 0.2) is 0 Å². The van der Waals surface area contributed by atoms with Crippen LogP contribution in [0.25, 0.3) is 0 Å². The number of carbonyl (C=O) groups is 1. The Morgan fingerprint density at radius 3 is 2.81 bits per heavy atom. The first-order valence-electron chi connectivity index (χ1n) is 4.63. The van der Waals surface area contributed by atoms with Crippen molar-refractivity contribution in [2.45, 2.75) is 13.0 Å². The average Bonchev–Trinajstić information content (AvgIpc) is 2.15. The smallest absolute Gasteiger partial charge is 0.227 e. The van der Waals surface area contributed by atoms with Crippen LogP contribution >= 0.6 is 15.9 Å². The molecule has 1 aromatic carbocycles. The molecule has 0 aliphatic rings. The van der Waals surface area contributed by atoms with Crippen LogP contribution in [0.4, 0.5) is 0 Å². The molecule has 86 valence electrons. The first-order valence-corrected chi connectivity index (χ1v) is 5.42. The van der Waals surface area contributed by atoms with Crippen LogP contribution in [0.2, 0.25) is 0 Å². The molecule has 1 amide bonds. The zero-order valence-corrected chi connectivity index (χ0v) is 10.2. The number of halogens is 1. The molecule has 0 saturated carbocycles. The van der Waals surface area contributed by atoms with Gasteiger partial charge in [-0.15, -0.1) is 0 Å². The van der Waals surface area contributed by atoms with Crippen molar-refractivity contribution in [2.24, 2.45) is 0 Å². The lowest BCUT2D eigenvalue weighted by Gasteiger charge is -2.14. The number of hydrogen-bond acceptors (Lipinski definition) is 3. The summed E-state index contributed by atoms with van der Waals surface area (Å²) in [5, 5.41) is 13.0. The van der Waals surface area contributed by atoms with E-state index >= 15 is 0 Å².